The van der Waals surface area contributed by atoms with E-state index in [1.807, 2.05) is 32.0 Å². The van der Waals surface area contributed by atoms with E-state index in [1.165, 1.54) is 11.3 Å². The van der Waals surface area contributed by atoms with Gasteiger partial charge in [-0.15, -0.1) is 0 Å². The minimum Gasteiger partial charge on any atom is -0.497 e. The summed E-state index contributed by atoms with van der Waals surface area (Å²) in [4.78, 5) is 4.66. The highest BCUT2D eigenvalue weighted by atomic mass is 16.5. The first-order valence-electron chi connectivity index (χ1n) is 9.54. The minimum absolute atomic E-state index is 0.320. The molecular formula is C22H30N2O3. The number of aryl methyl sites for hydroxylation is 2. The molecule has 2 aromatic carbocycles. The van der Waals surface area contributed by atoms with E-state index in [4.69, 9.17) is 9.47 Å². The van der Waals surface area contributed by atoms with Crippen LogP contribution >= 0.6 is 0 Å². The minimum atomic E-state index is -0.492. The van der Waals surface area contributed by atoms with Crippen molar-refractivity contribution in [3.8, 4) is 11.5 Å². The number of methoxy groups -OCH3 is 1. The Morgan fingerprint density at radius 1 is 1.04 bits per heavy atom. The number of rotatable bonds is 7. The maximum atomic E-state index is 10.4. The Morgan fingerprint density at radius 2 is 1.81 bits per heavy atom. The molecule has 1 atom stereocenters. The van der Waals surface area contributed by atoms with Gasteiger partial charge in [-0.05, 0) is 43.2 Å². The van der Waals surface area contributed by atoms with Crippen LogP contribution in [0.2, 0.25) is 0 Å². The summed E-state index contributed by atoms with van der Waals surface area (Å²) in [6, 6.07) is 14.3. The Balaban J connectivity index is 1.45. The Kier molecular flexibility index (Phi) is 6.58. The Hall–Kier alpha value is -2.24. The van der Waals surface area contributed by atoms with Crippen molar-refractivity contribution in [2.24, 2.45) is 0 Å². The second-order valence-electron chi connectivity index (χ2n) is 7.22. The van der Waals surface area contributed by atoms with Crippen LogP contribution in [0.4, 0.5) is 5.69 Å². The third-order valence-electron chi connectivity index (χ3n) is 5.03. The van der Waals surface area contributed by atoms with Crippen LogP contribution in [0.3, 0.4) is 0 Å². The molecule has 1 heterocycles. The lowest BCUT2D eigenvalue weighted by atomic mass is 10.1. The highest BCUT2D eigenvalue weighted by Crippen LogP contribution is 2.22. The Morgan fingerprint density at radius 3 is 2.56 bits per heavy atom. The van der Waals surface area contributed by atoms with E-state index in [2.05, 4.69) is 34.1 Å². The lowest BCUT2D eigenvalue weighted by molar-refractivity contribution is 0.0660. The summed E-state index contributed by atoms with van der Waals surface area (Å²) >= 11 is 0. The van der Waals surface area contributed by atoms with Crippen molar-refractivity contribution in [3.05, 3.63) is 53.6 Å². The van der Waals surface area contributed by atoms with E-state index >= 15 is 0 Å². The van der Waals surface area contributed by atoms with Gasteiger partial charge in [0.2, 0.25) is 0 Å². The molecule has 0 aliphatic carbocycles. The Labute approximate surface area is 162 Å². The van der Waals surface area contributed by atoms with Crippen molar-refractivity contribution in [3.63, 3.8) is 0 Å². The molecule has 1 fully saturated rings. The van der Waals surface area contributed by atoms with Crippen LogP contribution in [-0.2, 0) is 0 Å². The standard InChI is InChI=1S/C22H30N2O3/c1-17-7-8-18(2)22(13-17)27-16-20(25)15-23-9-11-24(12-10-23)19-5-4-6-21(14-19)26-3/h4-8,13-14,20,25H,9-12,15-16H2,1-3H3. The number of benzene rings is 2. The van der Waals surface area contributed by atoms with Gasteiger partial charge in [0.15, 0.2) is 0 Å². The van der Waals surface area contributed by atoms with Gasteiger partial charge in [-0.3, -0.25) is 4.90 Å². The van der Waals surface area contributed by atoms with E-state index in [1.54, 1.807) is 7.11 Å². The summed E-state index contributed by atoms with van der Waals surface area (Å²) in [6.07, 6.45) is -0.492. The van der Waals surface area contributed by atoms with Gasteiger partial charge in [0.25, 0.3) is 0 Å². The average Bonchev–Trinajstić information content (AvgIpc) is 2.69. The summed E-state index contributed by atoms with van der Waals surface area (Å²) in [5, 5.41) is 10.4. The van der Waals surface area contributed by atoms with Crippen LogP contribution in [-0.4, -0.2) is 62.6 Å². The molecule has 0 saturated carbocycles. The number of hydrogen-bond acceptors (Lipinski definition) is 5. The number of aliphatic hydroxyl groups is 1. The van der Waals surface area contributed by atoms with Crippen molar-refractivity contribution >= 4 is 5.69 Å². The molecule has 1 N–H and O–H groups in total. The molecule has 0 amide bonds. The zero-order chi connectivity index (χ0) is 19.2. The number of ether oxygens (including phenoxy) is 2. The molecule has 0 aromatic heterocycles. The van der Waals surface area contributed by atoms with Crippen LogP contribution in [0.15, 0.2) is 42.5 Å². The zero-order valence-electron chi connectivity index (χ0n) is 16.5. The van der Waals surface area contributed by atoms with Gasteiger partial charge in [-0.25, -0.2) is 0 Å². The third-order valence-corrected chi connectivity index (χ3v) is 5.03. The van der Waals surface area contributed by atoms with E-state index in [-0.39, 0.29) is 0 Å². The average molecular weight is 370 g/mol. The number of aliphatic hydroxyl groups excluding tert-OH is 1. The number of hydrogen-bond donors (Lipinski definition) is 1. The summed E-state index contributed by atoms with van der Waals surface area (Å²) in [5.41, 5.74) is 3.45. The van der Waals surface area contributed by atoms with Gasteiger partial charge in [-0.2, -0.15) is 0 Å². The summed E-state index contributed by atoms with van der Waals surface area (Å²) in [5.74, 6) is 1.74. The van der Waals surface area contributed by atoms with Gasteiger partial charge in [0.1, 0.15) is 24.2 Å². The van der Waals surface area contributed by atoms with Crippen LogP contribution in [0, 0.1) is 13.8 Å². The summed E-state index contributed by atoms with van der Waals surface area (Å²) < 4.78 is 11.2. The van der Waals surface area contributed by atoms with Crippen molar-refractivity contribution in [1.29, 1.82) is 0 Å². The largest absolute Gasteiger partial charge is 0.497 e. The molecule has 5 heteroatoms. The molecule has 2 aromatic rings. The predicted octanol–water partition coefficient (Wildman–Crippen LogP) is 2.87. The molecule has 1 aliphatic heterocycles. The summed E-state index contributed by atoms with van der Waals surface area (Å²) in [7, 11) is 1.69. The zero-order valence-corrected chi connectivity index (χ0v) is 16.5. The monoisotopic (exact) mass is 370 g/mol. The topological polar surface area (TPSA) is 45.2 Å². The molecule has 1 saturated heterocycles. The first-order chi connectivity index (χ1) is 13.0. The molecule has 3 rings (SSSR count). The molecular weight excluding hydrogens is 340 g/mol. The number of anilines is 1. The molecule has 146 valence electrons. The fourth-order valence-corrected chi connectivity index (χ4v) is 3.40. The number of β-amino-alcohol motifs (C(OH)–C–C–N with tert-alkyl or cyclic N) is 1. The van der Waals surface area contributed by atoms with Gasteiger partial charge >= 0.3 is 0 Å². The summed E-state index contributed by atoms with van der Waals surface area (Å²) in [6.45, 7) is 8.77. The lowest BCUT2D eigenvalue weighted by Gasteiger charge is -2.37. The molecule has 1 unspecified atom stereocenters. The van der Waals surface area contributed by atoms with E-state index < -0.39 is 6.10 Å². The maximum Gasteiger partial charge on any atom is 0.122 e. The second-order valence-corrected chi connectivity index (χ2v) is 7.22. The second kappa shape index (κ2) is 9.11. The fourth-order valence-electron chi connectivity index (χ4n) is 3.40. The molecule has 0 spiro atoms. The first-order valence-corrected chi connectivity index (χ1v) is 9.54. The van der Waals surface area contributed by atoms with Gasteiger partial charge in [0.05, 0.1) is 7.11 Å². The normalized spacial score (nSPS) is 16.2. The molecule has 5 nitrogen and oxygen atoms in total. The smallest absolute Gasteiger partial charge is 0.122 e. The molecule has 27 heavy (non-hydrogen) atoms. The highest BCUT2D eigenvalue weighted by molar-refractivity contribution is 5.51. The van der Waals surface area contributed by atoms with E-state index in [0.29, 0.717) is 13.2 Å². The SMILES string of the molecule is COc1cccc(N2CCN(CC(O)COc3cc(C)ccc3C)CC2)c1. The maximum absolute atomic E-state index is 10.4. The number of nitrogens with zero attached hydrogens (tertiary/aromatic N) is 2. The van der Waals surface area contributed by atoms with Gasteiger partial charge < -0.3 is 19.5 Å². The first kappa shape index (κ1) is 19.5. The van der Waals surface area contributed by atoms with Crippen LogP contribution in [0.5, 0.6) is 11.5 Å². The predicted molar refractivity (Wildman–Crippen MR) is 109 cm³/mol. The van der Waals surface area contributed by atoms with Crippen molar-refractivity contribution in [1.82, 2.24) is 4.90 Å². The van der Waals surface area contributed by atoms with Crippen LogP contribution < -0.4 is 14.4 Å². The molecule has 1 aliphatic rings. The van der Waals surface area contributed by atoms with Crippen molar-refractivity contribution in [2.45, 2.75) is 20.0 Å². The highest BCUT2D eigenvalue weighted by Gasteiger charge is 2.20. The van der Waals surface area contributed by atoms with E-state index in [0.717, 1.165) is 43.2 Å². The van der Waals surface area contributed by atoms with Gasteiger partial charge in [-0.1, -0.05) is 18.2 Å². The molecule has 0 radical (unpaired) electrons. The Bertz CT molecular complexity index is 742. The molecule has 0 bridgehead atoms. The van der Waals surface area contributed by atoms with E-state index in [9.17, 15) is 5.11 Å². The van der Waals surface area contributed by atoms with Crippen molar-refractivity contribution < 1.29 is 14.6 Å². The fraction of sp³-hybridized carbons (Fsp3) is 0.455. The van der Waals surface area contributed by atoms with Gasteiger partial charge in [0, 0.05) is 44.5 Å². The quantitative estimate of drug-likeness (QED) is 0.812. The lowest BCUT2D eigenvalue weighted by Crippen LogP contribution is -2.49. The third kappa shape index (κ3) is 5.37. The van der Waals surface area contributed by atoms with Crippen molar-refractivity contribution in [2.75, 3.05) is 51.3 Å². The van der Waals surface area contributed by atoms with Crippen LogP contribution in [0.1, 0.15) is 11.1 Å². The van der Waals surface area contributed by atoms with Crippen LogP contribution in [0.25, 0.3) is 0 Å². The number of piperazine rings is 1.